The van der Waals surface area contributed by atoms with Gasteiger partial charge in [-0.15, -0.1) is 28.5 Å². The Kier molecular flexibility index (Phi) is 7.42. The van der Waals surface area contributed by atoms with Gasteiger partial charge in [-0.05, 0) is 30.7 Å². The molecule has 0 aliphatic rings. The van der Waals surface area contributed by atoms with Gasteiger partial charge in [-0.3, -0.25) is 10.1 Å². The van der Waals surface area contributed by atoms with Crippen molar-refractivity contribution in [2.45, 2.75) is 27.8 Å². The molecule has 1 N–H and O–H groups in total. The molecule has 0 aliphatic carbocycles. The minimum Gasteiger partial charge on any atom is -0.300 e. The van der Waals surface area contributed by atoms with Crippen LogP contribution in [-0.2, 0) is 4.79 Å². The van der Waals surface area contributed by atoms with Gasteiger partial charge in [0.05, 0.1) is 5.25 Å². The first-order valence-electron chi connectivity index (χ1n) is 6.92. The molecule has 1 heterocycles. The van der Waals surface area contributed by atoms with Gasteiger partial charge >= 0.3 is 0 Å². The van der Waals surface area contributed by atoms with Crippen molar-refractivity contribution in [1.29, 1.82) is 0 Å². The van der Waals surface area contributed by atoms with E-state index < -0.39 is 0 Å². The molecule has 1 aromatic carbocycles. The van der Waals surface area contributed by atoms with Crippen molar-refractivity contribution in [1.82, 2.24) is 10.2 Å². The van der Waals surface area contributed by atoms with Gasteiger partial charge < -0.3 is 0 Å². The maximum Gasteiger partial charge on any atom is 0.239 e. The van der Waals surface area contributed by atoms with E-state index in [0.717, 1.165) is 21.4 Å². The predicted molar refractivity (Wildman–Crippen MR) is 101 cm³/mol. The average molecular weight is 386 g/mol. The van der Waals surface area contributed by atoms with E-state index in [2.05, 4.69) is 22.1 Å². The molecule has 1 amide bonds. The lowest BCUT2D eigenvalue weighted by atomic mass is 10.3. The Morgan fingerprint density at radius 1 is 1.43 bits per heavy atom. The van der Waals surface area contributed by atoms with Crippen LogP contribution < -0.4 is 5.32 Å². The summed E-state index contributed by atoms with van der Waals surface area (Å²) in [6.45, 7) is 5.65. The third kappa shape index (κ3) is 5.84. The lowest BCUT2D eigenvalue weighted by Crippen LogP contribution is -2.24. The van der Waals surface area contributed by atoms with Crippen LogP contribution >= 0.6 is 46.5 Å². The second kappa shape index (κ2) is 9.32. The van der Waals surface area contributed by atoms with Gasteiger partial charge in [-0.2, -0.15) is 0 Å². The average Bonchev–Trinajstić information content (AvgIpc) is 2.99. The number of carbonyl (C=O) groups is 1. The number of nitrogens with zero attached hydrogens (tertiary/aromatic N) is 2. The van der Waals surface area contributed by atoms with Crippen molar-refractivity contribution in [3.8, 4) is 0 Å². The first-order valence-corrected chi connectivity index (χ1v) is 9.98. The highest BCUT2D eigenvalue weighted by Crippen LogP contribution is 2.29. The van der Waals surface area contributed by atoms with Gasteiger partial charge in [0.15, 0.2) is 4.34 Å². The van der Waals surface area contributed by atoms with E-state index in [9.17, 15) is 4.79 Å². The third-order valence-electron chi connectivity index (χ3n) is 2.72. The minimum atomic E-state index is -0.190. The molecule has 8 heteroatoms. The second-order valence-corrected chi connectivity index (χ2v) is 8.39. The monoisotopic (exact) mass is 385 g/mol. The van der Waals surface area contributed by atoms with Crippen LogP contribution in [0, 0.1) is 0 Å². The molecule has 0 spiro atoms. The lowest BCUT2D eigenvalue weighted by molar-refractivity contribution is -0.115. The van der Waals surface area contributed by atoms with Crippen molar-refractivity contribution in [2.75, 3.05) is 11.1 Å². The number of anilines is 1. The number of carbonyl (C=O) groups excluding carboxylic acids is 1. The van der Waals surface area contributed by atoms with Crippen LogP contribution in [0.2, 0.25) is 5.02 Å². The van der Waals surface area contributed by atoms with Crippen LogP contribution in [0.15, 0.2) is 46.2 Å². The van der Waals surface area contributed by atoms with Crippen molar-refractivity contribution in [3.05, 3.63) is 41.9 Å². The summed E-state index contributed by atoms with van der Waals surface area (Å²) in [6.07, 6.45) is 2.52. The van der Waals surface area contributed by atoms with Crippen LogP contribution in [0.25, 0.3) is 0 Å². The fourth-order valence-corrected chi connectivity index (χ4v) is 4.23. The number of aromatic nitrogens is 2. The largest absolute Gasteiger partial charge is 0.300 e. The zero-order valence-electron chi connectivity index (χ0n) is 12.5. The molecule has 0 unspecified atom stereocenters. The van der Waals surface area contributed by atoms with Crippen molar-refractivity contribution < 1.29 is 4.79 Å². The van der Waals surface area contributed by atoms with Crippen LogP contribution in [-0.4, -0.2) is 27.1 Å². The third-order valence-corrected chi connectivity index (χ3v) is 6.31. The molecule has 2 rings (SSSR count). The molecule has 2 aromatic rings. The van der Waals surface area contributed by atoms with Gasteiger partial charge in [0, 0.05) is 15.7 Å². The molecule has 1 atom stereocenters. The van der Waals surface area contributed by atoms with E-state index >= 15 is 0 Å². The summed E-state index contributed by atoms with van der Waals surface area (Å²) in [4.78, 5) is 13.4. The number of rotatable bonds is 8. The number of benzene rings is 1. The normalized spacial score (nSPS) is 11.9. The molecule has 0 saturated heterocycles. The highest BCUT2D eigenvalue weighted by Gasteiger charge is 2.19. The molecule has 1 aromatic heterocycles. The molecule has 0 bridgehead atoms. The van der Waals surface area contributed by atoms with Crippen molar-refractivity contribution >= 4 is 57.5 Å². The Morgan fingerprint density at radius 2 is 2.17 bits per heavy atom. The van der Waals surface area contributed by atoms with E-state index in [1.807, 2.05) is 31.2 Å². The van der Waals surface area contributed by atoms with Crippen molar-refractivity contribution in [3.63, 3.8) is 0 Å². The molecule has 0 radical (unpaired) electrons. The topological polar surface area (TPSA) is 54.9 Å². The van der Waals surface area contributed by atoms with E-state index in [4.69, 9.17) is 11.6 Å². The highest BCUT2D eigenvalue weighted by molar-refractivity contribution is 8.01. The zero-order valence-corrected chi connectivity index (χ0v) is 15.7. The summed E-state index contributed by atoms with van der Waals surface area (Å²) in [6, 6.07) is 7.47. The standard InChI is InChI=1S/C15H16ClN3OS3/c1-3-9-21-15-19-18-14(23-15)17-13(20)12(4-2)22-11-7-5-10(16)6-8-11/h3,5-8,12H,1,4,9H2,2H3,(H,17,18,20)/t12-/m0/s1. The molecule has 0 fully saturated rings. The quantitative estimate of drug-likeness (QED) is 0.394. The van der Waals surface area contributed by atoms with Crippen molar-refractivity contribution in [2.24, 2.45) is 0 Å². The number of thioether (sulfide) groups is 2. The van der Waals surface area contributed by atoms with Gasteiger partial charge in [-0.1, -0.05) is 47.7 Å². The number of hydrogen-bond acceptors (Lipinski definition) is 6. The van der Waals surface area contributed by atoms with Gasteiger partial charge in [0.2, 0.25) is 11.0 Å². The van der Waals surface area contributed by atoms with Gasteiger partial charge in [0.1, 0.15) is 0 Å². The van der Waals surface area contributed by atoms with Crippen LogP contribution in [0.5, 0.6) is 0 Å². The van der Waals surface area contributed by atoms with Gasteiger partial charge in [0.25, 0.3) is 0 Å². The fourth-order valence-electron chi connectivity index (χ4n) is 1.63. The second-order valence-electron chi connectivity index (χ2n) is 4.43. The SMILES string of the molecule is C=CCSc1nnc(NC(=O)[C@H](CC)Sc2ccc(Cl)cc2)s1. The Hall–Kier alpha value is -1.02. The Labute approximate surface area is 153 Å². The summed E-state index contributed by atoms with van der Waals surface area (Å²) in [5.74, 6) is 0.705. The number of hydrogen-bond donors (Lipinski definition) is 1. The van der Waals surface area contributed by atoms with Crippen LogP contribution in [0.1, 0.15) is 13.3 Å². The number of halogens is 1. The van der Waals surface area contributed by atoms with E-state index in [1.165, 1.54) is 23.1 Å². The molecule has 0 aliphatic heterocycles. The zero-order chi connectivity index (χ0) is 16.7. The van der Waals surface area contributed by atoms with E-state index in [0.29, 0.717) is 10.2 Å². The minimum absolute atomic E-state index is 0.0659. The van der Waals surface area contributed by atoms with E-state index in [-0.39, 0.29) is 11.2 Å². The smallest absolute Gasteiger partial charge is 0.239 e. The number of amides is 1. The maximum absolute atomic E-state index is 12.4. The first-order chi connectivity index (χ1) is 11.1. The number of nitrogens with one attached hydrogen (secondary N) is 1. The predicted octanol–water partition coefficient (Wildman–Crippen LogP) is 4.98. The summed E-state index contributed by atoms with van der Waals surface area (Å²) >= 11 is 10.3. The highest BCUT2D eigenvalue weighted by atomic mass is 35.5. The fraction of sp³-hybridized carbons (Fsp3) is 0.267. The summed E-state index contributed by atoms with van der Waals surface area (Å²) < 4.78 is 0.818. The van der Waals surface area contributed by atoms with Gasteiger partial charge in [-0.25, -0.2) is 0 Å². The summed E-state index contributed by atoms with van der Waals surface area (Å²) in [5, 5.41) is 11.9. The molecule has 4 nitrogen and oxygen atoms in total. The van der Waals surface area contributed by atoms with Crippen LogP contribution in [0.4, 0.5) is 5.13 Å². The summed E-state index contributed by atoms with van der Waals surface area (Å²) in [7, 11) is 0. The lowest BCUT2D eigenvalue weighted by Gasteiger charge is -2.13. The first kappa shape index (κ1) is 18.3. The molecule has 122 valence electrons. The van der Waals surface area contributed by atoms with Crippen LogP contribution in [0.3, 0.4) is 0 Å². The Balaban J connectivity index is 1.95. The molecular formula is C15H16ClN3OS3. The summed E-state index contributed by atoms with van der Waals surface area (Å²) in [5.41, 5.74) is 0. The molecule has 0 saturated carbocycles. The molecular weight excluding hydrogens is 370 g/mol. The molecule has 23 heavy (non-hydrogen) atoms. The Bertz CT molecular complexity index is 660. The maximum atomic E-state index is 12.4. The Morgan fingerprint density at radius 3 is 2.83 bits per heavy atom. The van der Waals surface area contributed by atoms with E-state index in [1.54, 1.807) is 17.8 Å².